The van der Waals surface area contributed by atoms with Gasteiger partial charge in [-0.2, -0.15) is 0 Å². The first kappa shape index (κ1) is 15.5. The molecule has 1 atom stereocenters. The van der Waals surface area contributed by atoms with Crippen LogP contribution >= 0.6 is 11.6 Å². The number of nitrogens with one attached hydrogen (secondary N) is 2. The lowest BCUT2D eigenvalue weighted by Crippen LogP contribution is -2.34. The van der Waals surface area contributed by atoms with Crippen LogP contribution in [0, 0.1) is 0 Å². The average molecular weight is 343 g/mol. The molecule has 2 aromatic carbocycles. The van der Waals surface area contributed by atoms with E-state index in [9.17, 15) is 4.79 Å². The standard InChI is InChI=1S/C19H19ClN2O2/c20-14-5-1-12(2-6-14)10-21-11-15-7-3-13-4-8-17-16(19(13)24-15)9-18(23)22-17/h1-2,4-6,8,15,21H,3,7,9-11H2,(H,22,23)/t15-/m1/s1. The summed E-state index contributed by atoms with van der Waals surface area (Å²) in [4.78, 5) is 11.6. The lowest BCUT2D eigenvalue weighted by atomic mass is 9.97. The third-order valence-electron chi connectivity index (χ3n) is 4.59. The van der Waals surface area contributed by atoms with Crippen molar-refractivity contribution in [2.24, 2.45) is 0 Å². The molecule has 2 aromatic rings. The van der Waals surface area contributed by atoms with Crippen molar-refractivity contribution in [3.05, 3.63) is 58.1 Å². The van der Waals surface area contributed by atoms with Crippen molar-refractivity contribution < 1.29 is 9.53 Å². The van der Waals surface area contributed by atoms with E-state index in [1.54, 1.807) is 0 Å². The fraction of sp³-hybridized carbons (Fsp3) is 0.316. The zero-order valence-corrected chi connectivity index (χ0v) is 14.0. The Morgan fingerprint density at radius 2 is 2.04 bits per heavy atom. The van der Waals surface area contributed by atoms with Gasteiger partial charge in [-0.3, -0.25) is 4.79 Å². The number of aryl methyl sites for hydroxylation is 1. The molecule has 124 valence electrons. The zero-order chi connectivity index (χ0) is 16.5. The molecule has 0 saturated heterocycles. The quantitative estimate of drug-likeness (QED) is 0.896. The SMILES string of the molecule is O=C1Cc2c(ccc3c2O[C@@H](CNCc2ccc(Cl)cc2)CC3)N1. The van der Waals surface area contributed by atoms with Gasteiger partial charge in [0.05, 0.1) is 6.42 Å². The second kappa shape index (κ2) is 6.46. The minimum absolute atomic E-state index is 0.0463. The Balaban J connectivity index is 1.39. The largest absolute Gasteiger partial charge is 0.488 e. The second-order valence-electron chi connectivity index (χ2n) is 6.34. The first-order chi connectivity index (χ1) is 11.7. The average Bonchev–Trinajstić information content (AvgIpc) is 2.97. The van der Waals surface area contributed by atoms with Crippen LogP contribution in [0.2, 0.25) is 5.02 Å². The first-order valence-corrected chi connectivity index (χ1v) is 8.63. The number of hydrogen-bond donors (Lipinski definition) is 2. The van der Waals surface area contributed by atoms with Gasteiger partial charge in [0.1, 0.15) is 11.9 Å². The molecule has 5 heteroatoms. The highest BCUT2D eigenvalue weighted by molar-refractivity contribution is 6.30. The summed E-state index contributed by atoms with van der Waals surface area (Å²) < 4.78 is 6.20. The van der Waals surface area contributed by atoms with E-state index in [2.05, 4.69) is 16.7 Å². The van der Waals surface area contributed by atoms with Crippen molar-refractivity contribution in [2.75, 3.05) is 11.9 Å². The Morgan fingerprint density at radius 1 is 1.21 bits per heavy atom. The third-order valence-corrected chi connectivity index (χ3v) is 4.84. The molecule has 0 fully saturated rings. The monoisotopic (exact) mass is 342 g/mol. The van der Waals surface area contributed by atoms with Crippen LogP contribution in [0.25, 0.3) is 0 Å². The van der Waals surface area contributed by atoms with Crippen LogP contribution in [0.1, 0.15) is 23.1 Å². The molecule has 4 nitrogen and oxygen atoms in total. The van der Waals surface area contributed by atoms with Crippen LogP contribution in [-0.4, -0.2) is 18.6 Å². The van der Waals surface area contributed by atoms with Crippen LogP contribution in [-0.2, 0) is 24.2 Å². The maximum atomic E-state index is 11.6. The van der Waals surface area contributed by atoms with E-state index in [0.29, 0.717) is 6.42 Å². The van der Waals surface area contributed by atoms with Gasteiger partial charge in [-0.25, -0.2) is 0 Å². The van der Waals surface area contributed by atoms with Gasteiger partial charge in [-0.15, -0.1) is 0 Å². The smallest absolute Gasteiger partial charge is 0.229 e. The Hall–Kier alpha value is -2.04. The second-order valence-corrected chi connectivity index (χ2v) is 6.78. The van der Waals surface area contributed by atoms with Gasteiger partial charge in [-0.1, -0.05) is 29.8 Å². The molecular weight excluding hydrogens is 324 g/mol. The predicted molar refractivity (Wildman–Crippen MR) is 94.7 cm³/mol. The molecule has 24 heavy (non-hydrogen) atoms. The van der Waals surface area contributed by atoms with Gasteiger partial charge < -0.3 is 15.4 Å². The van der Waals surface area contributed by atoms with Crippen molar-refractivity contribution >= 4 is 23.2 Å². The van der Waals surface area contributed by atoms with Crippen molar-refractivity contribution in [3.8, 4) is 5.75 Å². The Morgan fingerprint density at radius 3 is 2.88 bits per heavy atom. The Kier molecular flexibility index (Phi) is 4.17. The molecule has 4 rings (SSSR count). The molecular formula is C19H19ClN2O2. The highest BCUT2D eigenvalue weighted by Gasteiger charge is 2.28. The Bertz CT molecular complexity index is 774. The molecule has 2 aliphatic heterocycles. The maximum Gasteiger partial charge on any atom is 0.229 e. The summed E-state index contributed by atoms with van der Waals surface area (Å²) in [5, 5.41) is 7.09. The fourth-order valence-electron chi connectivity index (χ4n) is 3.33. The number of amides is 1. The Labute approximate surface area is 146 Å². The van der Waals surface area contributed by atoms with Crippen molar-refractivity contribution in [3.63, 3.8) is 0 Å². The molecule has 0 unspecified atom stereocenters. The molecule has 0 aromatic heterocycles. The predicted octanol–water partition coefficient (Wildman–Crippen LogP) is 3.32. The summed E-state index contributed by atoms with van der Waals surface area (Å²) in [6.07, 6.45) is 2.53. The molecule has 2 aliphatic rings. The van der Waals surface area contributed by atoms with E-state index in [1.807, 2.05) is 30.3 Å². The van der Waals surface area contributed by atoms with E-state index in [1.165, 1.54) is 11.1 Å². The summed E-state index contributed by atoms with van der Waals surface area (Å²) in [7, 11) is 0. The van der Waals surface area contributed by atoms with Crippen molar-refractivity contribution in [2.45, 2.75) is 31.9 Å². The summed E-state index contributed by atoms with van der Waals surface area (Å²) in [5.41, 5.74) is 4.32. The zero-order valence-electron chi connectivity index (χ0n) is 13.3. The summed E-state index contributed by atoms with van der Waals surface area (Å²) in [5.74, 6) is 0.959. The van der Waals surface area contributed by atoms with Crippen LogP contribution < -0.4 is 15.4 Å². The van der Waals surface area contributed by atoms with Crippen LogP contribution in [0.15, 0.2) is 36.4 Å². The van der Waals surface area contributed by atoms with E-state index in [-0.39, 0.29) is 12.0 Å². The van der Waals surface area contributed by atoms with Gasteiger partial charge in [0.15, 0.2) is 0 Å². The molecule has 0 radical (unpaired) electrons. The number of carbonyl (C=O) groups excluding carboxylic acids is 1. The topological polar surface area (TPSA) is 50.4 Å². The third kappa shape index (κ3) is 3.12. The fourth-order valence-corrected chi connectivity index (χ4v) is 3.46. The number of benzene rings is 2. The van der Waals surface area contributed by atoms with Crippen LogP contribution in [0.5, 0.6) is 5.75 Å². The number of carbonyl (C=O) groups is 1. The number of anilines is 1. The van der Waals surface area contributed by atoms with Crippen molar-refractivity contribution in [1.29, 1.82) is 0 Å². The molecule has 2 N–H and O–H groups in total. The number of fused-ring (bicyclic) bond motifs is 3. The number of halogens is 1. The number of hydrogen-bond acceptors (Lipinski definition) is 3. The molecule has 2 heterocycles. The van der Waals surface area contributed by atoms with Gasteiger partial charge in [0.25, 0.3) is 0 Å². The number of ether oxygens (including phenoxy) is 1. The van der Waals surface area contributed by atoms with Gasteiger partial charge in [-0.05, 0) is 42.2 Å². The summed E-state index contributed by atoms with van der Waals surface area (Å²) >= 11 is 5.90. The van der Waals surface area contributed by atoms with Gasteiger partial charge >= 0.3 is 0 Å². The maximum absolute atomic E-state index is 11.6. The van der Waals surface area contributed by atoms with Crippen LogP contribution in [0.3, 0.4) is 0 Å². The summed E-state index contributed by atoms with van der Waals surface area (Å²) in [6, 6.07) is 11.9. The molecule has 0 saturated carbocycles. The first-order valence-electron chi connectivity index (χ1n) is 8.25. The molecule has 1 amide bonds. The minimum atomic E-state index is 0.0463. The van der Waals surface area contributed by atoms with Crippen molar-refractivity contribution in [1.82, 2.24) is 5.32 Å². The molecule has 0 spiro atoms. The highest BCUT2D eigenvalue weighted by Crippen LogP contribution is 2.38. The van der Waals surface area contributed by atoms with Gasteiger partial charge in [0.2, 0.25) is 5.91 Å². The summed E-state index contributed by atoms with van der Waals surface area (Å²) in [6.45, 7) is 1.57. The minimum Gasteiger partial charge on any atom is -0.488 e. The van der Waals surface area contributed by atoms with E-state index >= 15 is 0 Å². The van der Waals surface area contributed by atoms with E-state index in [0.717, 1.165) is 48.0 Å². The number of rotatable bonds is 4. The van der Waals surface area contributed by atoms with E-state index < -0.39 is 0 Å². The van der Waals surface area contributed by atoms with Gasteiger partial charge in [0, 0.05) is 29.4 Å². The van der Waals surface area contributed by atoms with Crippen LogP contribution in [0.4, 0.5) is 5.69 Å². The lowest BCUT2D eigenvalue weighted by Gasteiger charge is -2.28. The molecule has 0 aliphatic carbocycles. The van der Waals surface area contributed by atoms with E-state index in [4.69, 9.17) is 16.3 Å². The normalized spacial score (nSPS) is 18.5. The molecule has 0 bridgehead atoms. The lowest BCUT2D eigenvalue weighted by molar-refractivity contribution is -0.115. The highest BCUT2D eigenvalue weighted by atomic mass is 35.5.